The minimum absolute atomic E-state index is 0.159. The highest BCUT2D eigenvalue weighted by atomic mass is 35.5. The molecule has 0 spiro atoms. The van der Waals surface area contributed by atoms with Gasteiger partial charge in [0.2, 0.25) is 5.91 Å². The van der Waals surface area contributed by atoms with E-state index in [2.05, 4.69) is 5.32 Å². The SMILES string of the molecule is CCOc1cc(/C=C2\SC(=O)N(CC(=O)N3CCc4ccccc4C3)C2=O)cc(Cl)c1OCC(=O)Nc1ccc(C)cc1. The number of amides is 4. The van der Waals surface area contributed by atoms with Gasteiger partial charge in [-0.15, -0.1) is 0 Å². The number of nitrogens with zero attached hydrogens (tertiary/aromatic N) is 2. The molecule has 1 N–H and O–H groups in total. The molecule has 43 heavy (non-hydrogen) atoms. The first-order valence-corrected chi connectivity index (χ1v) is 15.0. The molecule has 4 amide bonds. The van der Waals surface area contributed by atoms with Crippen molar-refractivity contribution in [1.29, 1.82) is 0 Å². The molecule has 2 aliphatic rings. The summed E-state index contributed by atoms with van der Waals surface area (Å²) in [4.78, 5) is 54.2. The molecule has 222 valence electrons. The van der Waals surface area contributed by atoms with Crippen LogP contribution < -0.4 is 14.8 Å². The second-order valence-electron chi connectivity index (χ2n) is 10.1. The number of imide groups is 1. The fourth-order valence-electron chi connectivity index (χ4n) is 4.78. The van der Waals surface area contributed by atoms with Crippen molar-refractivity contribution in [2.24, 2.45) is 0 Å². The molecular weight excluding hydrogens is 590 g/mol. The monoisotopic (exact) mass is 619 g/mol. The van der Waals surface area contributed by atoms with Crippen LogP contribution in [0.25, 0.3) is 6.08 Å². The van der Waals surface area contributed by atoms with E-state index in [1.54, 1.807) is 36.1 Å². The van der Waals surface area contributed by atoms with Gasteiger partial charge in [0.25, 0.3) is 17.1 Å². The van der Waals surface area contributed by atoms with E-state index in [1.165, 1.54) is 11.6 Å². The number of thioether (sulfide) groups is 1. The third kappa shape index (κ3) is 7.21. The van der Waals surface area contributed by atoms with Crippen LogP contribution in [-0.4, -0.2) is 59.1 Å². The molecule has 0 atom stereocenters. The number of hydrogen-bond acceptors (Lipinski definition) is 7. The second-order valence-corrected chi connectivity index (χ2v) is 11.5. The lowest BCUT2D eigenvalue weighted by atomic mass is 10.00. The molecule has 0 bridgehead atoms. The maximum Gasteiger partial charge on any atom is 0.294 e. The zero-order chi connectivity index (χ0) is 30.5. The molecule has 3 aromatic rings. The van der Waals surface area contributed by atoms with E-state index in [4.69, 9.17) is 21.1 Å². The molecule has 5 rings (SSSR count). The fourth-order valence-corrected chi connectivity index (χ4v) is 5.89. The molecule has 0 aliphatic carbocycles. The van der Waals surface area contributed by atoms with Crippen LogP contribution in [0.4, 0.5) is 10.5 Å². The Hall–Kier alpha value is -4.28. The lowest BCUT2D eigenvalue weighted by Gasteiger charge is -2.29. The van der Waals surface area contributed by atoms with Crippen molar-refractivity contribution in [2.45, 2.75) is 26.8 Å². The Kier molecular flexibility index (Phi) is 9.37. The van der Waals surface area contributed by atoms with Gasteiger partial charge in [0.15, 0.2) is 18.1 Å². The van der Waals surface area contributed by atoms with Gasteiger partial charge in [0, 0.05) is 18.8 Å². The number of rotatable bonds is 9. The van der Waals surface area contributed by atoms with Gasteiger partial charge in [-0.1, -0.05) is 53.6 Å². The molecule has 1 saturated heterocycles. The largest absolute Gasteiger partial charge is 0.490 e. The summed E-state index contributed by atoms with van der Waals surface area (Å²) in [5.74, 6) is -0.746. The molecule has 0 aromatic heterocycles. The summed E-state index contributed by atoms with van der Waals surface area (Å²) in [6.45, 7) is 4.39. The lowest BCUT2D eigenvalue weighted by Crippen LogP contribution is -2.44. The molecular formula is C32H30ClN3O6S. The number of nitrogens with one attached hydrogen (secondary N) is 1. The summed E-state index contributed by atoms with van der Waals surface area (Å²) in [5.41, 5.74) is 4.48. The highest BCUT2D eigenvalue weighted by molar-refractivity contribution is 8.18. The number of hydrogen-bond donors (Lipinski definition) is 1. The third-order valence-corrected chi connectivity index (χ3v) is 8.15. The van der Waals surface area contributed by atoms with E-state index in [0.717, 1.165) is 34.2 Å². The molecule has 0 saturated carbocycles. The molecule has 2 heterocycles. The number of benzene rings is 3. The summed E-state index contributed by atoms with van der Waals surface area (Å²) in [5, 5.41) is 2.41. The highest BCUT2D eigenvalue weighted by Gasteiger charge is 2.37. The van der Waals surface area contributed by atoms with Gasteiger partial charge in [-0.05, 0) is 79.1 Å². The fraction of sp³-hybridized carbons (Fsp3) is 0.250. The van der Waals surface area contributed by atoms with Crippen LogP contribution >= 0.6 is 23.4 Å². The first kappa shape index (κ1) is 30.2. The van der Waals surface area contributed by atoms with Gasteiger partial charge >= 0.3 is 0 Å². The van der Waals surface area contributed by atoms with Gasteiger partial charge in [-0.25, -0.2) is 0 Å². The summed E-state index contributed by atoms with van der Waals surface area (Å²) < 4.78 is 11.4. The normalized spacial score (nSPS) is 15.5. The highest BCUT2D eigenvalue weighted by Crippen LogP contribution is 2.39. The van der Waals surface area contributed by atoms with Crippen LogP contribution in [0.1, 0.15) is 29.2 Å². The van der Waals surface area contributed by atoms with Crippen molar-refractivity contribution in [1.82, 2.24) is 9.80 Å². The minimum atomic E-state index is -0.553. The van der Waals surface area contributed by atoms with Crippen LogP contribution in [0.15, 0.2) is 65.6 Å². The van der Waals surface area contributed by atoms with Crippen LogP contribution in [0.2, 0.25) is 5.02 Å². The number of halogens is 1. The maximum absolute atomic E-state index is 13.2. The Balaban J connectivity index is 1.25. The van der Waals surface area contributed by atoms with Crippen molar-refractivity contribution < 1.29 is 28.7 Å². The van der Waals surface area contributed by atoms with Crippen LogP contribution in [0.3, 0.4) is 0 Å². The molecule has 3 aromatic carbocycles. The van der Waals surface area contributed by atoms with Crippen LogP contribution in [0.5, 0.6) is 11.5 Å². The van der Waals surface area contributed by atoms with E-state index in [-0.39, 0.29) is 46.4 Å². The lowest BCUT2D eigenvalue weighted by molar-refractivity contribution is -0.136. The molecule has 0 unspecified atom stereocenters. The number of carbonyl (C=O) groups is 4. The number of anilines is 1. The number of aryl methyl sites for hydroxylation is 1. The predicted molar refractivity (Wildman–Crippen MR) is 166 cm³/mol. The molecule has 1 fully saturated rings. The molecule has 2 aliphatic heterocycles. The van der Waals surface area contributed by atoms with E-state index in [9.17, 15) is 19.2 Å². The Labute approximate surface area is 258 Å². The Morgan fingerprint density at radius 3 is 2.53 bits per heavy atom. The second kappa shape index (κ2) is 13.4. The maximum atomic E-state index is 13.2. The van der Waals surface area contributed by atoms with Gasteiger partial charge in [0.1, 0.15) is 6.54 Å². The zero-order valence-electron chi connectivity index (χ0n) is 23.7. The van der Waals surface area contributed by atoms with E-state index >= 15 is 0 Å². The van der Waals surface area contributed by atoms with Crippen molar-refractivity contribution >= 4 is 58.1 Å². The van der Waals surface area contributed by atoms with Gasteiger partial charge < -0.3 is 19.7 Å². The Morgan fingerprint density at radius 2 is 1.79 bits per heavy atom. The number of fused-ring (bicyclic) bond motifs is 1. The van der Waals surface area contributed by atoms with Crippen molar-refractivity contribution in [3.8, 4) is 11.5 Å². The first-order valence-electron chi connectivity index (χ1n) is 13.8. The Bertz CT molecular complexity index is 1610. The first-order chi connectivity index (χ1) is 20.7. The average molecular weight is 620 g/mol. The van der Waals surface area contributed by atoms with E-state index in [0.29, 0.717) is 30.9 Å². The quantitative estimate of drug-likeness (QED) is 0.307. The van der Waals surface area contributed by atoms with Gasteiger partial charge in [-0.2, -0.15) is 0 Å². The summed E-state index contributed by atoms with van der Waals surface area (Å²) in [7, 11) is 0. The van der Waals surface area contributed by atoms with Crippen molar-refractivity contribution in [3.63, 3.8) is 0 Å². The molecule has 11 heteroatoms. The summed E-state index contributed by atoms with van der Waals surface area (Å²) >= 11 is 7.27. The summed E-state index contributed by atoms with van der Waals surface area (Å²) in [6, 6.07) is 18.5. The average Bonchev–Trinajstić information content (AvgIpc) is 3.24. The van der Waals surface area contributed by atoms with Gasteiger partial charge in [-0.3, -0.25) is 24.1 Å². The summed E-state index contributed by atoms with van der Waals surface area (Å²) in [6.07, 6.45) is 2.25. The van der Waals surface area contributed by atoms with Gasteiger partial charge in [0.05, 0.1) is 16.5 Å². The third-order valence-electron chi connectivity index (χ3n) is 6.96. The standard InChI is InChI=1S/C32H30ClN3O6S/c1-3-41-26-15-21(14-25(33)30(26)42-19-28(37)34-24-10-8-20(2)9-11-24)16-27-31(39)36(32(40)43-27)18-29(38)35-13-12-22-6-4-5-7-23(22)17-35/h4-11,14-16H,3,12-13,17-19H2,1-2H3,(H,34,37)/b27-16-. The van der Waals surface area contributed by atoms with E-state index in [1.807, 2.05) is 43.3 Å². The number of carbonyl (C=O) groups excluding carboxylic acids is 4. The van der Waals surface area contributed by atoms with Crippen LogP contribution in [0, 0.1) is 6.92 Å². The van der Waals surface area contributed by atoms with Crippen molar-refractivity contribution in [2.75, 3.05) is 31.6 Å². The van der Waals surface area contributed by atoms with Crippen LogP contribution in [-0.2, 0) is 27.3 Å². The molecule has 9 nitrogen and oxygen atoms in total. The van der Waals surface area contributed by atoms with Crippen molar-refractivity contribution in [3.05, 3.63) is 92.8 Å². The van der Waals surface area contributed by atoms with E-state index < -0.39 is 11.1 Å². The predicted octanol–water partition coefficient (Wildman–Crippen LogP) is 5.69. The smallest absolute Gasteiger partial charge is 0.294 e. The zero-order valence-corrected chi connectivity index (χ0v) is 25.3. The minimum Gasteiger partial charge on any atom is -0.490 e. The topological polar surface area (TPSA) is 105 Å². The number of ether oxygens (including phenoxy) is 2. The Morgan fingerprint density at radius 1 is 1.05 bits per heavy atom. The molecule has 0 radical (unpaired) electrons.